The van der Waals surface area contributed by atoms with Crippen molar-refractivity contribution in [3.8, 4) is 0 Å². The lowest BCUT2D eigenvalue weighted by molar-refractivity contribution is 0.639. The summed E-state index contributed by atoms with van der Waals surface area (Å²) in [5, 5.41) is 0. The molecule has 0 aromatic heterocycles. The largest absolute Gasteiger partial charge is 0.134 e. The van der Waals surface area contributed by atoms with Crippen LogP contribution in [0.5, 0.6) is 0 Å². The van der Waals surface area contributed by atoms with Gasteiger partial charge in [0.05, 0.1) is 0 Å². The van der Waals surface area contributed by atoms with Crippen molar-refractivity contribution in [3.05, 3.63) is 0 Å². The maximum atomic E-state index is 2.93. The van der Waals surface area contributed by atoms with Crippen LogP contribution in [0.3, 0.4) is 0 Å². The second-order valence-corrected chi connectivity index (χ2v) is 3.63. The van der Waals surface area contributed by atoms with E-state index in [0.717, 1.165) is 5.66 Å². The molecular formula is C10H25P. The first-order valence-electron chi connectivity index (χ1n) is 5.06. The third kappa shape index (κ3) is 13.4. The second kappa shape index (κ2) is 13.1. The van der Waals surface area contributed by atoms with Gasteiger partial charge in [0.1, 0.15) is 0 Å². The van der Waals surface area contributed by atoms with Gasteiger partial charge in [-0.3, -0.25) is 0 Å². The average Bonchev–Trinajstić information content (AvgIpc) is 2.05. The molecule has 0 radical (unpaired) electrons. The van der Waals surface area contributed by atoms with Crippen LogP contribution in [-0.4, -0.2) is 5.66 Å². The predicted octanol–water partition coefficient (Wildman–Crippen LogP) is 4.25. The van der Waals surface area contributed by atoms with Gasteiger partial charge in [-0.15, -0.1) is 9.24 Å². The summed E-state index contributed by atoms with van der Waals surface area (Å²) in [7, 11) is 2.93. The van der Waals surface area contributed by atoms with Crippen LogP contribution in [-0.2, 0) is 0 Å². The fourth-order valence-electron chi connectivity index (χ4n) is 0.981. The molecule has 0 spiro atoms. The molecular weight excluding hydrogens is 151 g/mol. The molecule has 0 N–H and O–H groups in total. The van der Waals surface area contributed by atoms with Gasteiger partial charge in [0.15, 0.2) is 0 Å². The van der Waals surface area contributed by atoms with Crippen molar-refractivity contribution in [1.82, 2.24) is 0 Å². The normalized spacial score (nSPS) is 11.7. The quantitative estimate of drug-likeness (QED) is 0.549. The molecule has 2 atom stereocenters. The van der Waals surface area contributed by atoms with Gasteiger partial charge in [0.2, 0.25) is 0 Å². The Morgan fingerprint density at radius 1 is 1.00 bits per heavy atom. The lowest BCUT2D eigenvalue weighted by Gasteiger charge is -2.06. The zero-order valence-electron chi connectivity index (χ0n) is 8.69. The average molecular weight is 176 g/mol. The van der Waals surface area contributed by atoms with Crippen molar-refractivity contribution >= 4 is 9.24 Å². The Labute approximate surface area is 75.4 Å². The first-order chi connectivity index (χ1) is 5.31. The van der Waals surface area contributed by atoms with Crippen molar-refractivity contribution in [3.63, 3.8) is 0 Å². The first kappa shape index (κ1) is 14.0. The van der Waals surface area contributed by atoms with E-state index in [0.29, 0.717) is 0 Å². The van der Waals surface area contributed by atoms with E-state index in [4.69, 9.17) is 0 Å². The smallest absolute Gasteiger partial charge is 0.0264 e. The Morgan fingerprint density at radius 2 is 1.55 bits per heavy atom. The maximum absolute atomic E-state index is 2.93. The van der Waals surface area contributed by atoms with E-state index in [2.05, 4.69) is 23.1 Å². The highest BCUT2D eigenvalue weighted by molar-refractivity contribution is 7.17. The van der Waals surface area contributed by atoms with Crippen LogP contribution in [0.2, 0.25) is 0 Å². The molecule has 0 saturated heterocycles. The summed E-state index contributed by atoms with van der Waals surface area (Å²) < 4.78 is 0. The number of hydrogen-bond donors (Lipinski definition) is 0. The molecule has 70 valence electrons. The van der Waals surface area contributed by atoms with Crippen molar-refractivity contribution in [1.29, 1.82) is 0 Å². The van der Waals surface area contributed by atoms with Gasteiger partial charge >= 0.3 is 0 Å². The van der Waals surface area contributed by atoms with Gasteiger partial charge in [-0.25, -0.2) is 0 Å². The first-order valence-corrected chi connectivity index (χ1v) is 5.73. The van der Waals surface area contributed by atoms with Crippen LogP contribution >= 0.6 is 9.24 Å². The summed E-state index contributed by atoms with van der Waals surface area (Å²) in [6.07, 6.45) is 6.85. The third-order valence-corrected chi connectivity index (χ3v) is 2.25. The van der Waals surface area contributed by atoms with E-state index in [9.17, 15) is 0 Å². The molecule has 1 heteroatoms. The highest BCUT2D eigenvalue weighted by Crippen LogP contribution is 2.14. The summed E-state index contributed by atoms with van der Waals surface area (Å²) in [6.45, 7) is 8.51. The molecule has 0 saturated carbocycles. The Balaban J connectivity index is 0. The molecule has 0 aliphatic carbocycles. The molecule has 0 bridgehead atoms. The van der Waals surface area contributed by atoms with Gasteiger partial charge in [0.25, 0.3) is 0 Å². The van der Waals surface area contributed by atoms with Crippen molar-refractivity contribution in [2.75, 3.05) is 0 Å². The zero-order valence-corrected chi connectivity index (χ0v) is 9.84. The highest BCUT2D eigenvalue weighted by Gasteiger charge is 1.97. The van der Waals surface area contributed by atoms with Crippen LogP contribution in [0.1, 0.15) is 59.8 Å². The SMILES string of the molecule is CC.CCCCC(P)CCC. The lowest BCUT2D eigenvalue weighted by atomic mass is 10.1. The lowest BCUT2D eigenvalue weighted by Crippen LogP contribution is -1.95. The Morgan fingerprint density at radius 3 is 1.91 bits per heavy atom. The van der Waals surface area contributed by atoms with Crippen molar-refractivity contribution < 1.29 is 0 Å². The maximum Gasteiger partial charge on any atom is -0.0264 e. The van der Waals surface area contributed by atoms with E-state index < -0.39 is 0 Å². The molecule has 0 fully saturated rings. The van der Waals surface area contributed by atoms with E-state index in [1.54, 1.807) is 0 Å². The standard InChI is InChI=1S/C8H19P.C2H6/c1-3-5-7-8(9)6-4-2;1-2/h8H,3-7,9H2,1-2H3;1-2H3. The summed E-state index contributed by atoms with van der Waals surface area (Å²) in [5.74, 6) is 0. The molecule has 0 aliphatic heterocycles. The van der Waals surface area contributed by atoms with E-state index in [1.807, 2.05) is 13.8 Å². The fraction of sp³-hybridized carbons (Fsp3) is 1.00. The Hall–Kier alpha value is 0.430. The third-order valence-electron chi connectivity index (χ3n) is 1.59. The molecule has 11 heavy (non-hydrogen) atoms. The van der Waals surface area contributed by atoms with Gasteiger partial charge < -0.3 is 0 Å². The Bertz CT molecular complexity index is 52.8. The summed E-state index contributed by atoms with van der Waals surface area (Å²) in [5.41, 5.74) is 0.884. The van der Waals surface area contributed by atoms with Crippen LogP contribution in [0.25, 0.3) is 0 Å². The van der Waals surface area contributed by atoms with Gasteiger partial charge in [-0.2, -0.15) is 0 Å². The minimum atomic E-state index is 0.884. The molecule has 0 heterocycles. The number of hydrogen-bond acceptors (Lipinski definition) is 0. The summed E-state index contributed by atoms with van der Waals surface area (Å²) >= 11 is 0. The van der Waals surface area contributed by atoms with Gasteiger partial charge in [-0.1, -0.05) is 47.0 Å². The van der Waals surface area contributed by atoms with E-state index in [-0.39, 0.29) is 0 Å². The summed E-state index contributed by atoms with van der Waals surface area (Å²) in [6, 6.07) is 0. The van der Waals surface area contributed by atoms with Crippen LogP contribution in [0.15, 0.2) is 0 Å². The molecule has 0 rings (SSSR count). The van der Waals surface area contributed by atoms with Crippen LogP contribution < -0.4 is 0 Å². The molecule has 0 amide bonds. The topological polar surface area (TPSA) is 0 Å². The van der Waals surface area contributed by atoms with E-state index >= 15 is 0 Å². The molecule has 0 aromatic carbocycles. The number of rotatable bonds is 5. The van der Waals surface area contributed by atoms with Gasteiger partial charge in [-0.05, 0) is 18.5 Å². The van der Waals surface area contributed by atoms with Crippen LogP contribution in [0, 0.1) is 0 Å². The summed E-state index contributed by atoms with van der Waals surface area (Å²) in [4.78, 5) is 0. The minimum Gasteiger partial charge on any atom is -0.134 e. The molecule has 2 unspecified atom stereocenters. The van der Waals surface area contributed by atoms with Crippen molar-refractivity contribution in [2.24, 2.45) is 0 Å². The predicted molar refractivity (Wildman–Crippen MR) is 59.3 cm³/mol. The van der Waals surface area contributed by atoms with E-state index in [1.165, 1.54) is 32.1 Å². The molecule has 0 aliphatic rings. The Kier molecular flexibility index (Phi) is 16.6. The second-order valence-electron chi connectivity index (χ2n) is 2.69. The monoisotopic (exact) mass is 176 g/mol. The zero-order chi connectivity index (χ0) is 9.11. The number of unbranched alkanes of at least 4 members (excludes halogenated alkanes) is 1. The highest BCUT2D eigenvalue weighted by atomic mass is 31.0. The molecule has 0 nitrogen and oxygen atoms in total. The minimum absolute atomic E-state index is 0.884. The van der Waals surface area contributed by atoms with Crippen LogP contribution in [0.4, 0.5) is 0 Å². The van der Waals surface area contributed by atoms with Crippen molar-refractivity contribution in [2.45, 2.75) is 65.5 Å². The van der Waals surface area contributed by atoms with Gasteiger partial charge in [0, 0.05) is 0 Å². The molecule has 0 aromatic rings. The fourth-order valence-corrected chi connectivity index (χ4v) is 1.55.